The smallest absolute Gasteiger partial charge is 0.225 e. The van der Waals surface area contributed by atoms with Crippen LogP contribution in [0.5, 0.6) is 17.2 Å². The summed E-state index contributed by atoms with van der Waals surface area (Å²) in [6, 6.07) is 21.7. The topological polar surface area (TPSA) is 56.8 Å². The summed E-state index contributed by atoms with van der Waals surface area (Å²) in [7, 11) is 3.19. The third kappa shape index (κ3) is 4.04. The molecule has 5 heteroatoms. The van der Waals surface area contributed by atoms with Crippen LogP contribution in [-0.4, -0.2) is 20.1 Å². The van der Waals surface area contributed by atoms with E-state index in [1.54, 1.807) is 14.2 Å². The van der Waals surface area contributed by atoms with Crippen LogP contribution in [0.25, 0.3) is 0 Å². The molecule has 1 aliphatic rings. The third-order valence-corrected chi connectivity index (χ3v) is 5.10. The van der Waals surface area contributed by atoms with Crippen LogP contribution in [0.15, 0.2) is 66.7 Å². The molecule has 0 saturated carbocycles. The minimum atomic E-state index is -0.0844. The van der Waals surface area contributed by atoms with E-state index in [0.717, 1.165) is 28.1 Å². The molecule has 4 rings (SSSR count). The predicted molar refractivity (Wildman–Crippen MR) is 112 cm³/mol. The molecule has 0 unspecified atom stereocenters. The van der Waals surface area contributed by atoms with Crippen molar-refractivity contribution in [2.75, 3.05) is 19.5 Å². The van der Waals surface area contributed by atoms with E-state index in [1.807, 2.05) is 66.7 Å². The van der Waals surface area contributed by atoms with Gasteiger partial charge in [0.1, 0.15) is 12.4 Å². The van der Waals surface area contributed by atoms with E-state index in [1.165, 1.54) is 0 Å². The average molecular weight is 389 g/mol. The number of benzene rings is 3. The van der Waals surface area contributed by atoms with Gasteiger partial charge in [-0.15, -0.1) is 0 Å². The lowest BCUT2D eigenvalue weighted by Gasteiger charge is -2.27. The fraction of sp³-hybridized carbons (Fsp3) is 0.208. The molecule has 0 saturated heterocycles. The molecule has 29 heavy (non-hydrogen) atoms. The number of carbonyl (C=O) groups excluding carboxylic acids is 1. The number of ether oxygens (including phenoxy) is 3. The molecular formula is C24H23NO4. The highest BCUT2D eigenvalue weighted by Gasteiger charge is 2.28. The van der Waals surface area contributed by atoms with Crippen molar-refractivity contribution >= 4 is 11.6 Å². The Morgan fingerprint density at radius 1 is 0.931 bits per heavy atom. The van der Waals surface area contributed by atoms with Crippen molar-refractivity contribution in [3.8, 4) is 17.2 Å². The van der Waals surface area contributed by atoms with Crippen molar-refractivity contribution in [2.24, 2.45) is 0 Å². The van der Waals surface area contributed by atoms with Gasteiger partial charge in [0.15, 0.2) is 11.5 Å². The van der Waals surface area contributed by atoms with E-state index in [2.05, 4.69) is 5.32 Å². The van der Waals surface area contributed by atoms with Crippen LogP contribution in [0.3, 0.4) is 0 Å². The molecule has 0 bridgehead atoms. The number of anilines is 1. The van der Waals surface area contributed by atoms with Gasteiger partial charge in [0.25, 0.3) is 0 Å². The van der Waals surface area contributed by atoms with Gasteiger partial charge in [0.2, 0.25) is 5.91 Å². The highest BCUT2D eigenvalue weighted by Crippen LogP contribution is 2.43. The minimum absolute atomic E-state index is 0.0228. The molecule has 1 heterocycles. The molecule has 0 fully saturated rings. The molecule has 5 nitrogen and oxygen atoms in total. The highest BCUT2D eigenvalue weighted by atomic mass is 16.5. The molecule has 1 atom stereocenters. The summed E-state index contributed by atoms with van der Waals surface area (Å²) < 4.78 is 16.8. The number of hydrogen-bond donors (Lipinski definition) is 1. The van der Waals surface area contributed by atoms with Gasteiger partial charge >= 0.3 is 0 Å². The second-order valence-corrected chi connectivity index (χ2v) is 6.95. The van der Waals surface area contributed by atoms with Gasteiger partial charge in [-0.2, -0.15) is 0 Å². The third-order valence-electron chi connectivity index (χ3n) is 5.10. The van der Waals surface area contributed by atoms with Crippen molar-refractivity contribution in [1.82, 2.24) is 0 Å². The number of carbonyl (C=O) groups is 1. The fourth-order valence-corrected chi connectivity index (χ4v) is 3.65. The van der Waals surface area contributed by atoms with Gasteiger partial charge in [-0.1, -0.05) is 42.5 Å². The predicted octanol–water partition coefficient (Wildman–Crippen LogP) is 4.76. The van der Waals surface area contributed by atoms with E-state index in [9.17, 15) is 4.79 Å². The highest BCUT2D eigenvalue weighted by molar-refractivity contribution is 5.96. The minimum Gasteiger partial charge on any atom is -0.493 e. The molecule has 1 amide bonds. The maximum atomic E-state index is 12.3. The Morgan fingerprint density at radius 3 is 2.45 bits per heavy atom. The molecule has 3 aromatic carbocycles. The first-order valence-corrected chi connectivity index (χ1v) is 9.50. The molecule has 1 N–H and O–H groups in total. The van der Waals surface area contributed by atoms with E-state index in [4.69, 9.17) is 14.2 Å². The van der Waals surface area contributed by atoms with Gasteiger partial charge in [0, 0.05) is 24.1 Å². The Kier molecular flexibility index (Phi) is 5.38. The zero-order valence-electron chi connectivity index (χ0n) is 16.5. The van der Waals surface area contributed by atoms with E-state index < -0.39 is 0 Å². The Morgan fingerprint density at radius 2 is 1.69 bits per heavy atom. The summed E-state index contributed by atoms with van der Waals surface area (Å²) in [5.74, 6) is 1.90. The van der Waals surface area contributed by atoms with Crippen molar-refractivity contribution in [2.45, 2.75) is 18.9 Å². The number of rotatable bonds is 6. The van der Waals surface area contributed by atoms with Crippen molar-refractivity contribution < 1.29 is 19.0 Å². The summed E-state index contributed by atoms with van der Waals surface area (Å²) in [5.41, 5.74) is 3.89. The van der Waals surface area contributed by atoms with E-state index in [-0.39, 0.29) is 11.8 Å². The maximum Gasteiger partial charge on any atom is 0.225 e. The largest absolute Gasteiger partial charge is 0.493 e. The summed E-state index contributed by atoms with van der Waals surface area (Å²) in [6.45, 7) is 0.497. The summed E-state index contributed by atoms with van der Waals surface area (Å²) in [5, 5.41) is 2.94. The summed E-state index contributed by atoms with van der Waals surface area (Å²) in [6.07, 6.45) is 0.366. The summed E-state index contributed by atoms with van der Waals surface area (Å²) in [4.78, 5) is 12.3. The molecule has 0 spiro atoms. The Balaban J connectivity index is 1.64. The van der Waals surface area contributed by atoms with Gasteiger partial charge in [-0.25, -0.2) is 0 Å². The van der Waals surface area contributed by atoms with Crippen LogP contribution >= 0.6 is 0 Å². The first-order valence-electron chi connectivity index (χ1n) is 9.50. The molecule has 0 aliphatic carbocycles. The van der Waals surface area contributed by atoms with E-state index in [0.29, 0.717) is 24.5 Å². The lowest BCUT2D eigenvalue weighted by atomic mass is 9.84. The monoisotopic (exact) mass is 389 g/mol. The normalized spacial score (nSPS) is 15.2. The van der Waals surface area contributed by atoms with Gasteiger partial charge in [-0.3, -0.25) is 4.79 Å². The number of fused-ring (bicyclic) bond motifs is 1. The standard InChI is InChI=1S/C24H23NO4/c1-27-22-12-20-19(13-24(26)25-21(20)14-23(22)28-2)17-9-6-10-18(11-17)29-15-16-7-4-3-5-8-16/h3-12,14,19H,13,15H2,1-2H3,(H,25,26)/t19-/m1/s1. The molecule has 1 aliphatic heterocycles. The molecule has 0 radical (unpaired) electrons. The van der Waals surface area contributed by atoms with Crippen LogP contribution < -0.4 is 19.5 Å². The zero-order chi connectivity index (χ0) is 20.2. The first kappa shape index (κ1) is 18.9. The van der Waals surface area contributed by atoms with E-state index >= 15 is 0 Å². The van der Waals surface area contributed by atoms with Crippen LogP contribution in [0.4, 0.5) is 5.69 Å². The van der Waals surface area contributed by atoms with Gasteiger partial charge in [-0.05, 0) is 34.9 Å². The Hall–Kier alpha value is -3.47. The average Bonchev–Trinajstić information content (AvgIpc) is 2.77. The van der Waals surface area contributed by atoms with Gasteiger partial charge in [0.05, 0.1) is 14.2 Å². The number of nitrogens with one attached hydrogen (secondary N) is 1. The van der Waals surface area contributed by atoms with Crippen LogP contribution in [0.1, 0.15) is 29.0 Å². The fourth-order valence-electron chi connectivity index (χ4n) is 3.65. The van der Waals surface area contributed by atoms with Crippen LogP contribution in [-0.2, 0) is 11.4 Å². The second-order valence-electron chi connectivity index (χ2n) is 6.95. The lowest BCUT2D eigenvalue weighted by molar-refractivity contribution is -0.116. The maximum absolute atomic E-state index is 12.3. The molecular weight excluding hydrogens is 366 g/mol. The van der Waals surface area contributed by atoms with Crippen LogP contribution in [0.2, 0.25) is 0 Å². The van der Waals surface area contributed by atoms with Crippen LogP contribution in [0, 0.1) is 0 Å². The molecule has 0 aromatic heterocycles. The quantitative estimate of drug-likeness (QED) is 0.661. The van der Waals surface area contributed by atoms with Crippen molar-refractivity contribution in [1.29, 1.82) is 0 Å². The Labute approximate surface area is 170 Å². The Bertz CT molecular complexity index is 1020. The number of amides is 1. The lowest BCUT2D eigenvalue weighted by Crippen LogP contribution is -2.23. The SMILES string of the molecule is COc1cc2c(cc1OC)[C@@H](c1cccc(OCc3ccccc3)c1)CC(=O)N2. The second kappa shape index (κ2) is 8.27. The molecule has 3 aromatic rings. The summed E-state index contributed by atoms with van der Waals surface area (Å²) >= 11 is 0. The van der Waals surface area contributed by atoms with Crippen molar-refractivity contribution in [3.05, 3.63) is 83.4 Å². The van der Waals surface area contributed by atoms with Gasteiger partial charge < -0.3 is 19.5 Å². The van der Waals surface area contributed by atoms with Crippen molar-refractivity contribution in [3.63, 3.8) is 0 Å². The first-order chi connectivity index (χ1) is 14.2. The zero-order valence-corrected chi connectivity index (χ0v) is 16.5. The molecule has 148 valence electrons. The number of hydrogen-bond acceptors (Lipinski definition) is 4. The number of methoxy groups -OCH3 is 2.